The number of hydrazone groups is 1. The van der Waals surface area contributed by atoms with Crippen molar-refractivity contribution in [2.45, 2.75) is 0 Å². The fourth-order valence-electron chi connectivity index (χ4n) is 1.58. The van der Waals surface area contributed by atoms with E-state index in [1.165, 1.54) is 12.3 Å². The lowest BCUT2D eigenvalue weighted by Crippen LogP contribution is -2.17. The van der Waals surface area contributed by atoms with Crippen molar-refractivity contribution in [2.24, 2.45) is 5.10 Å². The molecule has 0 aromatic heterocycles. The number of phenols is 2. The minimum absolute atomic E-state index is 0.126. The molecule has 0 aliphatic carbocycles. The van der Waals surface area contributed by atoms with Crippen LogP contribution in [0.4, 0.5) is 0 Å². The van der Waals surface area contributed by atoms with Gasteiger partial charge >= 0.3 is 0 Å². The van der Waals surface area contributed by atoms with E-state index in [2.05, 4.69) is 42.4 Å². The fourth-order valence-corrected chi connectivity index (χ4v) is 2.96. The molecule has 1 amide bonds. The van der Waals surface area contributed by atoms with Gasteiger partial charge in [-0.1, -0.05) is 23.7 Å². The molecular formula is C14H9Br2ClN2O3. The van der Waals surface area contributed by atoms with Crippen molar-refractivity contribution in [3.05, 3.63) is 55.4 Å². The van der Waals surface area contributed by atoms with Gasteiger partial charge in [0.05, 0.1) is 21.3 Å². The normalized spacial score (nSPS) is 10.9. The first-order chi connectivity index (χ1) is 10.4. The van der Waals surface area contributed by atoms with E-state index in [0.29, 0.717) is 20.6 Å². The van der Waals surface area contributed by atoms with E-state index >= 15 is 0 Å². The summed E-state index contributed by atoms with van der Waals surface area (Å²) < 4.78 is 0.497. The van der Waals surface area contributed by atoms with Gasteiger partial charge in [0, 0.05) is 5.56 Å². The predicted molar refractivity (Wildman–Crippen MR) is 91.7 cm³/mol. The summed E-state index contributed by atoms with van der Waals surface area (Å²) in [4.78, 5) is 11.9. The van der Waals surface area contributed by atoms with Crippen molar-refractivity contribution >= 4 is 55.6 Å². The van der Waals surface area contributed by atoms with Gasteiger partial charge in [-0.3, -0.25) is 4.79 Å². The molecule has 8 heteroatoms. The highest BCUT2D eigenvalue weighted by Crippen LogP contribution is 2.40. The number of halogens is 3. The van der Waals surface area contributed by atoms with Crippen molar-refractivity contribution in [3.8, 4) is 11.5 Å². The van der Waals surface area contributed by atoms with Gasteiger partial charge in [-0.15, -0.1) is 0 Å². The Hall–Kier alpha value is -1.57. The first kappa shape index (κ1) is 16.8. The molecule has 0 unspecified atom stereocenters. The standard InChI is InChI=1S/C14H9Br2ClN2O3/c15-9-5-7(12(20)11(16)13(9)21)6-18-19-14(22)8-3-1-2-4-10(8)17/h1-6,20-21H,(H,19,22)/b18-6-. The third-order valence-electron chi connectivity index (χ3n) is 2.69. The van der Waals surface area contributed by atoms with Crippen molar-refractivity contribution in [1.82, 2.24) is 5.43 Å². The van der Waals surface area contributed by atoms with Crippen LogP contribution in [0.3, 0.4) is 0 Å². The van der Waals surface area contributed by atoms with Crippen LogP contribution < -0.4 is 5.43 Å². The Morgan fingerprint density at radius 2 is 1.91 bits per heavy atom. The van der Waals surface area contributed by atoms with E-state index < -0.39 is 5.91 Å². The number of nitrogens with zero attached hydrogens (tertiary/aromatic N) is 1. The van der Waals surface area contributed by atoms with E-state index in [1.807, 2.05) is 0 Å². The van der Waals surface area contributed by atoms with Gasteiger partial charge < -0.3 is 10.2 Å². The van der Waals surface area contributed by atoms with Crippen LogP contribution >= 0.6 is 43.5 Å². The van der Waals surface area contributed by atoms with Crippen LogP contribution in [0, 0.1) is 0 Å². The van der Waals surface area contributed by atoms with Gasteiger partial charge in [0.25, 0.3) is 5.91 Å². The second-order valence-electron chi connectivity index (χ2n) is 4.14. The number of amides is 1. The quantitative estimate of drug-likeness (QED) is 0.490. The average Bonchev–Trinajstić information content (AvgIpc) is 2.50. The summed E-state index contributed by atoms with van der Waals surface area (Å²) in [6.45, 7) is 0. The van der Waals surface area contributed by atoms with Gasteiger partial charge in [0.15, 0.2) is 0 Å². The molecule has 0 fully saturated rings. The molecule has 2 rings (SSSR count). The van der Waals surface area contributed by atoms with Crippen LogP contribution in [0.15, 0.2) is 44.4 Å². The SMILES string of the molecule is O=C(N/N=C\c1cc(Br)c(O)c(Br)c1O)c1ccccc1Cl. The maximum Gasteiger partial charge on any atom is 0.272 e. The summed E-state index contributed by atoms with van der Waals surface area (Å²) in [5, 5.41) is 23.6. The lowest BCUT2D eigenvalue weighted by atomic mass is 10.2. The highest BCUT2D eigenvalue weighted by molar-refractivity contribution is 9.11. The third-order valence-corrected chi connectivity index (χ3v) is 4.37. The molecule has 0 aliphatic heterocycles. The number of carbonyl (C=O) groups excluding carboxylic acids is 1. The van der Waals surface area contributed by atoms with Crippen molar-refractivity contribution < 1.29 is 15.0 Å². The zero-order chi connectivity index (χ0) is 16.3. The number of carbonyl (C=O) groups is 1. The molecule has 0 spiro atoms. The van der Waals surface area contributed by atoms with Crippen LogP contribution in [0.2, 0.25) is 5.02 Å². The highest BCUT2D eigenvalue weighted by Gasteiger charge is 2.13. The topological polar surface area (TPSA) is 81.9 Å². The van der Waals surface area contributed by atoms with Gasteiger partial charge in [0.1, 0.15) is 16.0 Å². The van der Waals surface area contributed by atoms with E-state index in [-0.39, 0.29) is 16.0 Å². The van der Waals surface area contributed by atoms with Gasteiger partial charge in [0.2, 0.25) is 0 Å². The molecule has 2 aromatic rings. The number of aromatic hydroxyl groups is 2. The molecule has 22 heavy (non-hydrogen) atoms. The summed E-state index contributed by atoms with van der Waals surface area (Å²) in [5.41, 5.74) is 2.90. The molecule has 0 aliphatic rings. The Morgan fingerprint density at radius 3 is 2.59 bits per heavy atom. The highest BCUT2D eigenvalue weighted by atomic mass is 79.9. The molecule has 5 nitrogen and oxygen atoms in total. The number of hydrogen-bond acceptors (Lipinski definition) is 4. The summed E-state index contributed by atoms with van der Waals surface area (Å²) in [6, 6.07) is 8.02. The molecule has 0 radical (unpaired) electrons. The van der Waals surface area contributed by atoms with Crippen LogP contribution in [0.25, 0.3) is 0 Å². The van der Waals surface area contributed by atoms with Crippen LogP contribution in [0.1, 0.15) is 15.9 Å². The van der Waals surface area contributed by atoms with Crippen LogP contribution in [-0.4, -0.2) is 22.3 Å². The third kappa shape index (κ3) is 3.60. The summed E-state index contributed by atoms with van der Waals surface area (Å²) in [7, 11) is 0. The van der Waals surface area contributed by atoms with Crippen LogP contribution in [-0.2, 0) is 0 Å². The number of rotatable bonds is 3. The molecule has 3 N–H and O–H groups in total. The Balaban J connectivity index is 2.17. The maximum atomic E-state index is 11.9. The molecule has 0 saturated heterocycles. The second-order valence-corrected chi connectivity index (χ2v) is 6.19. The number of hydrogen-bond donors (Lipinski definition) is 3. The Kier molecular flexibility index (Phi) is 5.44. The molecular weight excluding hydrogens is 439 g/mol. The Morgan fingerprint density at radius 1 is 1.23 bits per heavy atom. The Bertz CT molecular complexity index is 766. The van der Waals surface area contributed by atoms with Crippen molar-refractivity contribution in [3.63, 3.8) is 0 Å². The molecule has 0 saturated carbocycles. The minimum Gasteiger partial charge on any atom is -0.506 e. The number of benzene rings is 2. The number of phenolic OH excluding ortho intramolecular Hbond substituents is 2. The van der Waals surface area contributed by atoms with Gasteiger partial charge in [-0.2, -0.15) is 5.10 Å². The second kappa shape index (κ2) is 7.13. The summed E-state index contributed by atoms with van der Waals surface area (Å²) in [6.07, 6.45) is 1.25. The smallest absolute Gasteiger partial charge is 0.272 e. The zero-order valence-electron chi connectivity index (χ0n) is 10.8. The van der Waals surface area contributed by atoms with E-state index in [1.54, 1.807) is 24.3 Å². The molecule has 0 atom stereocenters. The predicted octanol–water partition coefficient (Wildman–Crippen LogP) is 4.04. The minimum atomic E-state index is -0.474. The van der Waals surface area contributed by atoms with Gasteiger partial charge in [-0.05, 0) is 50.1 Å². The molecule has 2 aromatic carbocycles. The lowest BCUT2D eigenvalue weighted by molar-refractivity contribution is 0.0955. The first-order valence-corrected chi connectivity index (χ1v) is 7.86. The van der Waals surface area contributed by atoms with Crippen molar-refractivity contribution in [2.75, 3.05) is 0 Å². The monoisotopic (exact) mass is 446 g/mol. The van der Waals surface area contributed by atoms with E-state index in [4.69, 9.17) is 11.6 Å². The van der Waals surface area contributed by atoms with Crippen molar-refractivity contribution in [1.29, 1.82) is 0 Å². The summed E-state index contributed by atoms with van der Waals surface area (Å²) >= 11 is 12.1. The lowest BCUT2D eigenvalue weighted by Gasteiger charge is -2.06. The molecule has 0 heterocycles. The Labute approximate surface area is 147 Å². The number of nitrogens with one attached hydrogen (secondary N) is 1. The average molecular weight is 448 g/mol. The molecule has 0 bridgehead atoms. The summed E-state index contributed by atoms with van der Waals surface area (Å²) in [5.74, 6) is -0.801. The largest absolute Gasteiger partial charge is 0.506 e. The molecule has 114 valence electrons. The van der Waals surface area contributed by atoms with Crippen LogP contribution in [0.5, 0.6) is 11.5 Å². The van der Waals surface area contributed by atoms with E-state index in [9.17, 15) is 15.0 Å². The zero-order valence-corrected chi connectivity index (χ0v) is 14.8. The maximum absolute atomic E-state index is 11.9. The van der Waals surface area contributed by atoms with E-state index in [0.717, 1.165) is 0 Å². The van der Waals surface area contributed by atoms with Gasteiger partial charge in [-0.25, -0.2) is 5.43 Å². The first-order valence-electron chi connectivity index (χ1n) is 5.89. The fraction of sp³-hybridized carbons (Fsp3) is 0.